The average Bonchev–Trinajstić information content (AvgIpc) is 3.19. The highest BCUT2D eigenvalue weighted by Crippen LogP contribution is 2.33. The fourth-order valence-electron chi connectivity index (χ4n) is 3.07. The summed E-state index contributed by atoms with van der Waals surface area (Å²) in [7, 11) is 0. The highest BCUT2D eigenvalue weighted by Gasteiger charge is 2.30. The van der Waals surface area contributed by atoms with Gasteiger partial charge in [0.2, 0.25) is 5.82 Å². The Bertz CT molecular complexity index is 1200. The monoisotopic (exact) mass is 487 g/mol. The number of nitrogens with one attached hydrogen (secondary N) is 1. The number of benzene rings is 3. The van der Waals surface area contributed by atoms with Crippen LogP contribution in [-0.4, -0.2) is 20.2 Å². The van der Waals surface area contributed by atoms with Crippen LogP contribution in [0, 0.1) is 6.92 Å². The van der Waals surface area contributed by atoms with Gasteiger partial charge in [-0.2, -0.15) is 18.0 Å². The molecule has 1 N–H and O–H groups in total. The minimum atomic E-state index is -4.37. The lowest BCUT2D eigenvalue weighted by atomic mass is 10.1. The van der Waals surface area contributed by atoms with Gasteiger partial charge in [-0.05, 0) is 65.7 Å². The SMILES string of the molecule is Cc1ccccc1Cn1nnc(-c2cc(Br)ccc2Nc2ccc(C(F)(F)F)cc2)n1. The van der Waals surface area contributed by atoms with E-state index in [0.29, 0.717) is 29.3 Å². The van der Waals surface area contributed by atoms with Crippen LogP contribution in [0.1, 0.15) is 16.7 Å². The first-order valence-corrected chi connectivity index (χ1v) is 10.2. The summed E-state index contributed by atoms with van der Waals surface area (Å²) in [6.07, 6.45) is -4.37. The molecule has 0 aliphatic rings. The normalized spacial score (nSPS) is 11.5. The Morgan fingerprint density at radius 3 is 2.45 bits per heavy atom. The highest BCUT2D eigenvalue weighted by molar-refractivity contribution is 9.10. The zero-order valence-electron chi connectivity index (χ0n) is 16.4. The third-order valence-corrected chi connectivity index (χ3v) is 5.23. The van der Waals surface area contributed by atoms with Crippen LogP contribution in [0.25, 0.3) is 11.4 Å². The molecule has 1 heterocycles. The van der Waals surface area contributed by atoms with E-state index in [-0.39, 0.29) is 0 Å². The first-order chi connectivity index (χ1) is 14.8. The molecule has 0 saturated heterocycles. The van der Waals surface area contributed by atoms with Crippen molar-refractivity contribution >= 4 is 27.3 Å². The summed E-state index contributed by atoms with van der Waals surface area (Å²) in [4.78, 5) is 1.51. The molecule has 158 valence electrons. The third kappa shape index (κ3) is 4.93. The predicted octanol–water partition coefficient (Wildman–Crippen LogP) is 6.22. The van der Waals surface area contributed by atoms with E-state index in [2.05, 4.69) is 36.7 Å². The van der Waals surface area contributed by atoms with Crippen LogP contribution < -0.4 is 5.32 Å². The molecule has 0 amide bonds. The van der Waals surface area contributed by atoms with Crippen molar-refractivity contribution in [2.75, 3.05) is 5.32 Å². The Labute approximate surface area is 185 Å². The number of tetrazole rings is 1. The van der Waals surface area contributed by atoms with E-state index in [9.17, 15) is 13.2 Å². The summed E-state index contributed by atoms with van der Waals surface area (Å²) < 4.78 is 39.2. The Balaban J connectivity index is 1.60. The molecule has 9 heteroatoms. The molecule has 1 aromatic heterocycles. The van der Waals surface area contributed by atoms with Gasteiger partial charge in [-0.3, -0.25) is 0 Å². The molecule has 4 aromatic rings. The molecule has 0 atom stereocenters. The van der Waals surface area contributed by atoms with E-state index in [0.717, 1.165) is 27.7 Å². The van der Waals surface area contributed by atoms with Gasteiger partial charge in [0.1, 0.15) is 0 Å². The highest BCUT2D eigenvalue weighted by atomic mass is 79.9. The summed E-state index contributed by atoms with van der Waals surface area (Å²) in [6, 6.07) is 18.3. The second kappa shape index (κ2) is 8.50. The maximum Gasteiger partial charge on any atom is 0.416 e. The van der Waals surface area contributed by atoms with Crippen LogP contribution in [0.3, 0.4) is 0 Å². The van der Waals surface area contributed by atoms with Crippen molar-refractivity contribution in [2.45, 2.75) is 19.6 Å². The van der Waals surface area contributed by atoms with Gasteiger partial charge in [-0.1, -0.05) is 40.2 Å². The summed E-state index contributed by atoms with van der Waals surface area (Å²) in [6.45, 7) is 2.50. The van der Waals surface area contributed by atoms with Crippen LogP contribution >= 0.6 is 15.9 Å². The molecule has 3 aromatic carbocycles. The molecule has 4 rings (SSSR count). The Morgan fingerprint density at radius 1 is 1.00 bits per heavy atom. The number of nitrogens with zero attached hydrogens (tertiary/aromatic N) is 4. The molecular formula is C22H17BrF3N5. The number of rotatable bonds is 5. The van der Waals surface area contributed by atoms with Gasteiger partial charge in [0.05, 0.1) is 12.1 Å². The minimum Gasteiger partial charge on any atom is -0.355 e. The van der Waals surface area contributed by atoms with Gasteiger partial charge in [-0.25, -0.2) is 0 Å². The summed E-state index contributed by atoms with van der Waals surface area (Å²) >= 11 is 3.44. The molecule has 0 spiro atoms. The number of aryl methyl sites for hydroxylation is 1. The molecule has 31 heavy (non-hydrogen) atoms. The van der Waals surface area contributed by atoms with Gasteiger partial charge in [0.25, 0.3) is 0 Å². The van der Waals surface area contributed by atoms with Gasteiger partial charge < -0.3 is 5.32 Å². The fraction of sp³-hybridized carbons (Fsp3) is 0.136. The molecule has 0 aliphatic carbocycles. The lowest BCUT2D eigenvalue weighted by Gasteiger charge is -2.12. The van der Waals surface area contributed by atoms with Crippen molar-refractivity contribution < 1.29 is 13.2 Å². The molecule has 0 aliphatic heterocycles. The molecule has 0 unspecified atom stereocenters. The van der Waals surface area contributed by atoms with E-state index in [1.54, 1.807) is 6.07 Å². The fourth-order valence-corrected chi connectivity index (χ4v) is 3.43. The molecule has 5 nitrogen and oxygen atoms in total. The van der Waals surface area contributed by atoms with Gasteiger partial charge >= 0.3 is 6.18 Å². The smallest absolute Gasteiger partial charge is 0.355 e. The number of anilines is 2. The van der Waals surface area contributed by atoms with Crippen molar-refractivity contribution in [1.82, 2.24) is 20.2 Å². The first kappa shape index (κ1) is 21.0. The van der Waals surface area contributed by atoms with Crippen LogP contribution in [0.5, 0.6) is 0 Å². The van der Waals surface area contributed by atoms with Gasteiger partial charge in [0.15, 0.2) is 0 Å². The summed E-state index contributed by atoms with van der Waals surface area (Å²) in [5, 5.41) is 16.0. The van der Waals surface area contributed by atoms with Crippen molar-refractivity contribution in [2.24, 2.45) is 0 Å². The maximum absolute atomic E-state index is 12.8. The average molecular weight is 488 g/mol. The van der Waals surface area contributed by atoms with Gasteiger partial charge in [-0.15, -0.1) is 10.2 Å². The van der Waals surface area contributed by atoms with Crippen LogP contribution in [0.4, 0.5) is 24.5 Å². The van der Waals surface area contributed by atoms with Crippen LogP contribution in [-0.2, 0) is 12.7 Å². The zero-order chi connectivity index (χ0) is 22.0. The second-order valence-electron chi connectivity index (χ2n) is 6.96. The maximum atomic E-state index is 12.8. The predicted molar refractivity (Wildman–Crippen MR) is 116 cm³/mol. The van der Waals surface area contributed by atoms with Gasteiger partial charge in [0, 0.05) is 21.4 Å². The van der Waals surface area contributed by atoms with Crippen molar-refractivity contribution in [3.05, 3.63) is 87.9 Å². The van der Waals surface area contributed by atoms with Crippen LogP contribution in [0.2, 0.25) is 0 Å². The number of alkyl halides is 3. The summed E-state index contributed by atoms with van der Waals surface area (Å²) in [5.74, 6) is 0.407. The standard InChI is InChI=1S/C22H17BrF3N5/c1-14-4-2-3-5-15(14)13-31-29-21(28-30-31)19-12-17(23)8-11-20(19)27-18-9-6-16(7-10-18)22(24,25)26/h2-12,27H,13H2,1H3. The van der Waals surface area contributed by atoms with Crippen molar-refractivity contribution in [3.8, 4) is 11.4 Å². The zero-order valence-corrected chi connectivity index (χ0v) is 17.9. The van der Waals surface area contributed by atoms with E-state index < -0.39 is 11.7 Å². The van der Waals surface area contributed by atoms with Crippen LogP contribution in [0.15, 0.2) is 71.2 Å². The molecule has 0 saturated carbocycles. The molecule has 0 fully saturated rings. The summed E-state index contributed by atoms with van der Waals surface area (Å²) in [5.41, 5.74) is 3.36. The number of aromatic nitrogens is 4. The topological polar surface area (TPSA) is 55.6 Å². The molecule has 0 bridgehead atoms. The number of hydrogen-bond acceptors (Lipinski definition) is 4. The largest absolute Gasteiger partial charge is 0.416 e. The third-order valence-electron chi connectivity index (χ3n) is 4.74. The lowest BCUT2D eigenvalue weighted by molar-refractivity contribution is -0.137. The Hall–Kier alpha value is -3.20. The lowest BCUT2D eigenvalue weighted by Crippen LogP contribution is -2.05. The second-order valence-corrected chi connectivity index (χ2v) is 7.88. The van der Waals surface area contributed by atoms with Crippen molar-refractivity contribution in [1.29, 1.82) is 0 Å². The Morgan fingerprint density at radius 2 is 1.74 bits per heavy atom. The first-order valence-electron chi connectivity index (χ1n) is 9.36. The van der Waals surface area contributed by atoms with E-state index in [1.165, 1.54) is 16.9 Å². The molecular weight excluding hydrogens is 471 g/mol. The minimum absolute atomic E-state index is 0.407. The Kier molecular flexibility index (Phi) is 5.77. The number of halogens is 4. The number of hydrogen-bond donors (Lipinski definition) is 1. The van der Waals surface area contributed by atoms with Crippen molar-refractivity contribution in [3.63, 3.8) is 0 Å². The van der Waals surface area contributed by atoms with E-state index in [1.807, 2.05) is 43.3 Å². The molecule has 0 radical (unpaired) electrons. The quantitative estimate of drug-likeness (QED) is 0.362. The van der Waals surface area contributed by atoms with E-state index in [4.69, 9.17) is 0 Å². The van der Waals surface area contributed by atoms with E-state index >= 15 is 0 Å².